The number of carbonyl (C=O) groups is 1. The van der Waals surface area contributed by atoms with Crippen molar-refractivity contribution >= 4 is 41.6 Å². The van der Waals surface area contributed by atoms with Crippen LogP contribution < -0.4 is 10.6 Å². The summed E-state index contributed by atoms with van der Waals surface area (Å²) in [6, 6.07) is 14.9. The van der Waals surface area contributed by atoms with Gasteiger partial charge in [-0.05, 0) is 48.5 Å². The van der Waals surface area contributed by atoms with Gasteiger partial charge in [-0.3, -0.25) is 10.1 Å². The van der Waals surface area contributed by atoms with Crippen LogP contribution in [0.3, 0.4) is 0 Å². The van der Waals surface area contributed by atoms with Gasteiger partial charge < -0.3 is 5.32 Å². The van der Waals surface area contributed by atoms with E-state index in [9.17, 15) is 4.79 Å². The normalized spacial score (nSPS) is 10.0. The lowest BCUT2D eigenvalue weighted by Crippen LogP contribution is -2.34. The Hall–Kier alpha value is -1.85. The smallest absolute Gasteiger partial charge is 0.257 e. The Morgan fingerprint density at radius 1 is 1.14 bits per heavy atom. The minimum absolute atomic E-state index is 0.230. The molecule has 0 atom stereocenters. The zero-order chi connectivity index (χ0) is 15.2. The maximum absolute atomic E-state index is 12.1. The van der Waals surface area contributed by atoms with Gasteiger partial charge in [-0.25, -0.2) is 0 Å². The fourth-order valence-corrected chi connectivity index (χ4v) is 2.22. The summed E-state index contributed by atoms with van der Waals surface area (Å²) in [5.41, 5.74) is 2.53. The molecule has 21 heavy (non-hydrogen) atoms. The standard InChI is InChI=1S/C16H16N2OS2/c1-2-11-7-9-12(10-8-11)15(19)18-16(21)17-13-5-3-4-6-14(13)20/h3-10,20H,2H2,1H3,(H2,17,18,19,21). The molecule has 0 aliphatic carbocycles. The topological polar surface area (TPSA) is 41.1 Å². The summed E-state index contributed by atoms with van der Waals surface area (Å²) in [4.78, 5) is 12.8. The van der Waals surface area contributed by atoms with Crippen LogP contribution in [0.15, 0.2) is 53.4 Å². The van der Waals surface area contributed by atoms with Crippen molar-refractivity contribution in [3.8, 4) is 0 Å². The summed E-state index contributed by atoms with van der Waals surface area (Å²) in [5, 5.41) is 5.86. The fraction of sp³-hybridized carbons (Fsp3) is 0.125. The van der Waals surface area contributed by atoms with Crippen LogP contribution >= 0.6 is 24.8 Å². The predicted octanol–water partition coefficient (Wildman–Crippen LogP) is 3.66. The van der Waals surface area contributed by atoms with E-state index in [1.807, 2.05) is 36.4 Å². The van der Waals surface area contributed by atoms with Crippen LogP contribution in [0.25, 0.3) is 0 Å². The lowest BCUT2D eigenvalue weighted by Gasteiger charge is -2.11. The largest absolute Gasteiger partial charge is 0.331 e. The van der Waals surface area contributed by atoms with Crippen LogP contribution in [0.4, 0.5) is 5.69 Å². The van der Waals surface area contributed by atoms with Gasteiger partial charge in [-0.2, -0.15) is 0 Å². The highest BCUT2D eigenvalue weighted by Crippen LogP contribution is 2.18. The van der Waals surface area contributed by atoms with E-state index in [1.54, 1.807) is 12.1 Å². The number of rotatable bonds is 3. The summed E-state index contributed by atoms with van der Waals surface area (Å²) in [5.74, 6) is -0.230. The molecule has 0 aliphatic heterocycles. The second-order valence-corrected chi connectivity index (χ2v) is 5.37. The minimum Gasteiger partial charge on any atom is -0.331 e. The fourth-order valence-electron chi connectivity index (χ4n) is 1.80. The summed E-state index contributed by atoms with van der Waals surface area (Å²) in [7, 11) is 0. The maximum Gasteiger partial charge on any atom is 0.257 e. The Morgan fingerprint density at radius 2 is 1.81 bits per heavy atom. The average Bonchev–Trinajstić information content (AvgIpc) is 2.49. The second-order valence-electron chi connectivity index (χ2n) is 4.48. The van der Waals surface area contributed by atoms with Crippen molar-refractivity contribution in [1.82, 2.24) is 5.32 Å². The SMILES string of the molecule is CCc1ccc(C(=O)NC(=S)Nc2ccccc2S)cc1. The molecule has 0 spiro atoms. The number of thiocarbonyl (C=S) groups is 1. The summed E-state index contributed by atoms with van der Waals surface area (Å²) < 4.78 is 0. The van der Waals surface area contributed by atoms with Crippen LogP contribution in [0.2, 0.25) is 0 Å². The highest BCUT2D eigenvalue weighted by Gasteiger charge is 2.08. The Morgan fingerprint density at radius 3 is 2.43 bits per heavy atom. The molecule has 1 amide bonds. The first-order valence-corrected chi connectivity index (χ1v) is 7.45. The van der Waals surface area contributed by atoms with E-state index in [2.05, 4.69) is 30.2 Å². The van der Waals surface area contributed by atoms with Crippen LogP contribution in [-0.2, 0) is 6.42 Å². The lowest BCUT2D eigenvalue weighted by molar-refractivity contribution is 0.0977. The molecular formula is C16H16N2OS2. The number of carbonyl (C=O) groups excluding carboxylic acids is 1. The number of hydrogen-bond donors (Lipinski definition) is 3. The van der Waals surface area contributed by atoms with Gasteiger partial charge in [0.15, 0.2) is 5.11 Å². The number of anilines is 1. The summed E-state index contributed by atoms with van der Waals surface area (Å²) in [6.07, 6.45) is 0.945. The van der Waals surface area contributed by atoms with Crippen molar-refractivity contribution in [3.05, 3.63) is 59.7 Å². The highest BCUT2D eigenvalue weighted by atomic mass is 32.1. The predicted molar refractivity (Wildman–Crippen MR) is 93.2 cm³/mol. The van der Waals surface area contributed by atoms with E-state index in [0.29, 0.717) is 5.56 Å². The summed E-state index contributed by atoms with van der Waals surface area (Å²) in [6.45, 7) is 2.07. The number of amides is 1. The number of hydrogen-bond acceptors (Lipinski definition) is 3. The molecule has 2 rings (SSSR count). The van der Waals surface area contributed by atoms with Crippen LogP contribution in [0, 0.1) is 0 Å². The number of thiol groups is 1. The Kier molecular flexibility index (Phi) is 5.36. The van der Waals surface area contributed by atoms with Gasteiger partial charge in [-0.1, -0.05) is 31.2 Å². The van der Waals surface area contributed by atoms with Gasteiger partial charge >= 0.3 is 0 Å². The van der Waals surface area contributed by atoms with E-state index < -0.39 is 0 Å². The molecule has 0 radical (unpaired) electrons. The monoisotopic (exact) mass is 316 g/mol. The van der Waals surface area contributed by atoms with Gasteiger partial charge in [0.05, 0.1) is 5.69 Å². The van der Waals surface area contributed by atoms with Crippen molar-refractivity contribution in [2.75, 3.05) is 5.32 Å². The summed E-state index contributed by atoms with van der Waals surface area (Å²) >= 11 is 9.46. The third kappa shape index (κ3) is 4.31. The highest BCUT2D eigenvalue weighted by molar-refractivity contribution is 7.81. The quantitative estimate of drug-likeness (QED) is 0.598. The van der Waals surface area contributed by atoms with Gasteiger partial charge in [-0.15, -0.1) is 12.6 Å². The van der Waals surface area contributed by atoms with Crippen LogP contribution in [0.1, 0.15) is 22.8 Å². The van der Waals surface area contributed by atoms with Gasteiger partial charge in [0.25, 0.3) is 5.91 Å². The van der Waals surface area contributed by atoms with Crippen LogP contribution in [0.5, 0.6) is 0 Å². The number of para-hydroxylation sites is 1. The number of aryl methyl sites for hydroxylation is 1. The van der Waals surface area contributed by atoms with Crippen LogP contribution in [-0.4, -0.2) is 11.0 Å². The molecule has 2 aromatic rings. The lowest BCUT2D eigenvalue weighted by atomic mass is 10.1. The third-order valence-electron chi connectivity index (χ3n) is 3.00. The number of nitrogens with one attached hydrogen (secondary N) is 2. The van der Waals surface area contributed by atoms with Crippen molar-refractivity contribution in [1.29, 1.82) is 0 Å². The molecular weight excluding hydrogens is 300 g/mol. The molecule has 3 nitrogen and oxygen atoms in total. The molecule has 0 fully saturated rings. The molecule has 0 unspecified atom stereocenters. The molecule has 0 saturated heterocycles. The molecule has 2 N–H and O–H groups in total. The zero-order valence-electron chi connectivity index (χ0n) is 11.6. The third-order valence-corrected chi connectivity index (χ3v) is 3.60. The van der Waals surface area contributed by atoms with Gasteiger partial charge in [0.2, 0.25) is 0 Å². The number of benzene rings is 2. The molecule has 108 valence electrons. The molecule has 0 bridgehead atoms. The molecule has 0 aliphatic rings. The van der Waals surface area contributed by atoms with Crippen molar-refractivity contribution in [3.63, 3.8) is 0 Å². The average molecular weight is 316 g/mol. The second kappa shape index (κ2) is 7.24. The zero-order valence-corrected chi connectivity index (χ0v) is 13.3. The Labute approximate surface area is 135 Å². The van der Waals surface area contributed by atoms with E-state index >= 15 is 0 Å². The van der Waals surface area contributed by atoms with E-state index in [-0.39, 0.29) is 11.0 Å². The van der Waals surface area contributed by atoms with Crippen molar-refractivity contribution in [2.24, 2.45) is 0 Å². The van der Waals surface area contributed by atoms with E-state index in [1.165, 1.54) is 5.56 Å². The first kappa shape index (κ1) is 15.5. The molecule has 2 aromatic carbocycles. The molecule has 0 heterocycles. The minimum atomic E-state index is -0.230. The maximum atomic E-state index is 12.1. The van der Waals surface area contributed by atoms with E-state index in [4.69, 9.17) is 12.2 Å². The van der Waals surface area contributed by atoms with Crippen molar-refractivity contribution in [2.45, 2.75) is 18.2 Å². The van der Waals surface area contributed by atoms with E-state index in [0.717, 1.165) is 17.0 Å². The first-order chi connectivity index (χ1) is 10.1. The van der Waals surface area contributed by atoms with Crippen molar-refractivity contribution < 1.29 is 4.79 Å². The Bertz CT molecular complexity index is 654. The Balaban J connectivity index is 1.98. The molecule has 0 saturated carbocycles. The molecule has 5 heteroatoms. The van der Waals surface area contributed by atoms with Gasteiger partial charge in [0.1, 0.15) is 0 Å². The molecule has 0 aromatic heterocycles. The first-order valence-electron chi connectivity index (χ1n) is 6.59. The van der Waals surface area contributed by atoms with Gasteiger partial charge in [0, 0.05) is 10.5 Å².